The van der Waals surface area contributed by atoms with Crippen LogP contribution in [-0.2, 0) is 15.8 Å². The minimum atomic E-state index is -2.69. The van der Waals surface area contributed by atoms with Gasteiger partial charge in [0.1, 0.15) is 6.10 Å². The summed E-state index contributed by atoms with van der Waals surface area (Å²) in [7, 11) is -2.69. The Labute approximate surface area is 223 Å². The molecule has 196 valence electrons. The average Bonchev–Trinajstić information content (AvgIpc) is 3.41. The van der Waals surface area contributed by atoms with E-state index in [-0.39, 0.29) is 23.2 Å². The van der Waals surface area contributed by atoms with E-state index in [0.29, 0.717) is 19.3 Å². The molecule has 4 nitrogen and oxygen atoms in total. The molecule has 0 aliphatic carbocycles. The second kappa shape index (κ2) is 10.8. The quantitative estimate of drug-likeness (QED) is 0.440. The highest BCUT2D eigenvalue weighted by molar-refractivity contribution is 6.99. The number of hydrogen-bond donors (Lipinski definition) is 1. The molecule has 3 aromatic carbocycles. The SMILES string of the molecule is C[C@H]1CC[C@@H]2[C@H](O)[C@H](OCc3ccccc3)[C@@H](CO[Si](c3ccccc3)(c3ccccc3)C(C)(C)C)N21. The maximum absolute atomic E-state index is 11.4. The highest BCUT2D eigenvalue weighted by atomic mass is 28.4. The molecule has 37 heavy (non-hydrogen) atoms. The van der Waals surface area contributed by atoms with Crippen molar-refractivity contribution in [3.63, 3.8) is 0 Å². The van der Waals surface area contributed by atoms with Crippen molar-refractivity contribution in [1.29, 1.82) is 0 Å². The topological polar surface area (TPSA) is 41.9 Å². The van der Waals surface area contributed by atoms with E-state index in [4.69, 9.17) is 9.16 Å². The zero-order chi connectivity index (χ0) is 26.0. The highest BCUT2D eigenvalue weighted by Gasteiger charge is 2.56. The van der Waals surface area contributed by atoms with Gasteiger partial charge in [0.05, 0.1) is 25.4 Å². The van der Waals surface area contributed by atoms with Gasteiger partial charge in [0.15, 0.2) is 0 Å². The van der Waals surface area contributed by atoms with Crippen molar-refractivity contribution in [2.24, 2.45) is 0 Å². The van der Waals surface area contributed by atoms with E-state index in [0.717, 1.165) is 18.4 Å². The number of rotatable bonds is 8. The lowest BCUT2D eigenvalue weighted by molar-refractivity contribution is -0.0500. The maximum atomic E-state index is 11.4. The Hall–Kier alpha value is -2.28. The molecule has 2 saturated heterocycles. The molecule has 0 bridgehead atoms. The van der Waals surface area contributed by atoms with Gasteiger partial charge in [-0.1, -0.05) is 112 Å². The zero-order valence-electron chi connectivity index (χ0n) is 22.6. The molecule has 2 aliphatic heterocycles. The second-order valence-electron chi connectivity index (χ2n) is 11.7. The monoisotopic (exact) mass is 515 g/mol. The van der Waals surface area contributed by atoms with E-state index in [2.05, 4.69) is 105 Å². The first kappa shape index (κ1) is 26.3. The second-order valence-corrected chi connectivity index (χ2v) is 16.0. The third-order valence-corrected chi connectivity index (χ3v) is 13.4. The van der Waals surface area contributed by atoms with Gasteiger partial charge in [-0.25, -0.2) is 0 Å². The standard InChI is InChI=1S/C32H41NO3Si/c1-24-20-21-28-30(34)31(35-22-25-14-8-5-9-15-25)29(33(24)28)23-36-37(32(2,3)4,26-16-10-6-11-17-26)27-18-12-7-13-19-27/h5-19,24,28-31,34H,20-23H2,1-4H3/t24-,28+,29+,30-,31+/m0/s1. The van der Waals surface area contributed by atoms with E-state index in [1.807, 2.05) is 18.2 Å². The van der Waals surface area contributed by atoms with Crippen LogP contribution in [0.15, 0.2) is 91.0 Å². The van der Waals surface area contributed by atoms with Crippen molar-refractivity contribution >= 4 is 18.7 Å². The van der Waals surface area contributed by atoms with Crippen LogP contribution in [0.3, 0.4) is 0 Å². The first-order chi connectivity index (χ1) is 17.8. The molecule has 0 amide bonds. The summed E-state index contributed by atoms with van der Waals surface area (Å²) >= 11 is 0. The van der Waals surface area contributed by atoms with Gasteiger partial charge in [0.2, 0.25) is 0 Å². The summed E-state index contributed by atoms with van der Waals surface area (Å²) in [6.45, 7) is 10.2. The zero-order valence-corrected chi connectivity index (χ0v) is 23.6. The summed E-state index contributed by atoms with van der Waals surface area (Å²) in [5, 5.41) is 13.9. The van der Waals surface area contributed by atoms with Crippen molar-refractivity contribution in [2.45, 2.75) is 82.5 Å². The van der Waals surface area contributed by atoms with E-state index in [1.54, 1.807) is 0 Å². The highest BCUT2D eigenvalue weighted by Crippen LogP contribution is 2.41. The van der Waals surface area contributed by atoms with Gasteiger partial charge < -0.3 is 14.3 Å². The van der Waals surface area contributed by atoms with Crippen LogP contribution in [0.25, 0.3) is 0 Å². The molecule has 1 N–H and O–H groups in total. The third kappa shape index (κ3) is 4.96. The van der Waals surface area contributed by atoms with Crippen LogP contribution in [0.4, 0.5) is 0 Å². The number of hydrogen-bond acceptors (Lipinski definition) is 4. The largest absolute Gasteiger partial charge is 0.406 e. The maximum Gasteiger partial charge on any atom is 0.261 e. The van der Waals surface area contributed by atoms with Crippen molar-refractivity contribution < 1.29 is 14.3 Å². The van der Waals surface area contributed by atoms with Crippen LogP contribution < -0.4 is 10.4 Å². The summed E-state index contributed by atoms with van der Waals surface area (Å²) in [6.07, 6.45) is 1.30. The summed E-state index contributed by atoms with van der Waals surface area (Å²) in [5.41, 5.74) is 1.13. The molecule has 5 rings (SSSR count). The van der Waals surface area contributed by atoms with Gasteiger partial charge in [-0.05, 0) is 40.7 Å². The smallest absolute Gasteiger partial charge is 0.261 e. The average molecular weight is 516 g/mol. The molecule has 5 heteroatoms. The van der Waals surface area contributed by atoms with Gasteiger partial charge in [-0.3, -0.25) is 4.90 Å². The Morgan fingerprint density at radius 3 is 1.92 bits per heavy atom. The predicted molar refractivity (Wildman–Crippen MR) is 153 cm³/mol. The molecule has 0 unspecified atom stereocenters. The van der Waals surface area contributed by atoms with Gasteiger partial charge >= 0.3 is 0 Å². The number of aliphatic hydroxyl groups is 1. The Morgan fingerprint density at radius 2 is 1.38 bits per heavy atom. The van der Waals surface area contributed by atoms with Gasteiger partial charge in [-0.15, -0.1) is 0 Å². The summed E-state index contributed by atoms with van der Waals surface area (Å²) in [5.74, 6) is 0. The lowest BCUT2D eigenvalue weighted by Gasteiger charge is -2.44. The van der Waals surface area contributed by atoms with Crippen LogP contribution in [-0.4, -0.2) is 55.3 Å². The van der Waals surface area contributed by atoms with Crippen LogP contribution in [0.2, 0.25) is 5.04 Å². The fourth-order valence-corrected chi connectivity index (χ4v) is 11.3. The fourth-order valence-electron chi connectivity index (χ4n) is 6.70. The molecule has 0 saturated carbocycles. The number of nitrogens with zero attached hydrogens (tertiary/aromatic N) is 1. The van der Waals surface area contributed by atoms with Gasteiger partial charge in [0.25, 0.3) is 8.32 Å². The lowest BCUT2D eigenvalue weighted by Crippen LogP contribution is -2.67. The van der Waals surface area contributed by atoms with E-state index >= 15 is 0 Å². The van der Waals surface area contributed by atoms with E-state index < -0.39 is 14.4 Å². The molecular formula is C32H41NO3Si. The molecule has 0 radical (unpaired) electrons. The van der Waals surface area contributed by atoms with Crippen LogP contribution in [0, 0.1) is 0 Å². The summed E-state index contributed by atoms with van der Waals surface area (Å²) in [6, 6.07) is 32.4. The number of ether oxygens (including phenoxy) is 1. The van der Waals surface area contributed by atoms with Crippen molar-refractivity contribution in [2.75, 3.05) is 6.61 Å². The molecule has 0 aromatic heterocycles. The first-order valence-electron chi connectivity index (χ1n) is 13.7. The van der Waals surface area contributed by atoms with Crippen LogP contribution in [0.1, 0.15) is 46.1 Å². The summed E-state index contributed by atoms with van der Waals surface area (Å²) < 4.78 is 13.8. The van der Waals surface area contributed by atoms with Crippen LogP contribution >= 0.6 is 0 Å². The molecule has 0 spiro atoms. The Balaban J connectivity index is 1.49. The third-order valence-electron chi connectivity index (χ3n) is 8.44. The Morgan fingerprint density at radius 1 is 0.838 bits per heavy atom. The molecule has 2 aliphatic rings. The molecule has 2 heterocycles. The lowest BCUT2D eigenvalue weighted by atomic mass is 10.0. The normalized spacial score (nSPS) is 26.4. The predicted octanol–water partition coefficient (Wildman–Crippen LogP) is 4.74. The Bertz CT molecular complexity index is 1100. The number of aliphatic hydroxyl groups excluding tert-OH is 1. The van der Waals surface area contributed by atoms with Crippen molar-refractivity contribution in [3.05, 3.63) is 96.6 Å². The van der Waals surface area contributed by atoms with Gasteiger partial charge in [0, 0.05) is 12.1 Å². The summed E-state index contributed by atoms with van der Waals surface area (Å²) in [4.78, 5) is 2.50. The van der Waals surface area contributed by atoms with Crippen molar-refractivity contribution in [1.82, 2.24) is 4.90 Å². The van der Waals surface area contributed by atoms with Gasteiger partial charge in [-0.2, -0.15) is 0 Å². The van der Waals surface area contributed by atoms with E-state index in [9.17, 15) is 5.11 Å². The van der Waals surface area contributed by atoms with Crippen LogP contribution in [0.5, 0.6) is 0 Å². The number of benzene rings is 3. The van der Waals surface area contributed by atoms with E-state index in [1.165, 1.54) is 10.4 Å². The molecule has 2 fully saturated rings. The molecular weight excluding hydrogens is 474 g/mol. The van der Waals surface area contributed by atoms with Crippen molar-refractivity contribution in [3.8, 4) is 0 Å². The minimum absolute atomic E-state index is 0.00265. The first-order valence-corrected chi connectivity index (χ1v) is 15.6. The Kier molecular flexibility index (Phi) is 7.71. The molecule has 3 aromatic rings. The molecule has 5 atom stereocenters. The number of fused-ring (bicyclic) bond motifs is 1. The minimum Gasteiger partial charge on any atom is -0.406 e. The fraction of sp³-hybridized carbons (Fsp3) is 0.438.